The standard InChI is InChI=1S/C38H49N7O4.C2H6/c1-10-24(3)29-21-28(13-14-31(29)44(9)11-2)47-32-15-12-26(20-25(32)4)43-35-33-30(41-23-42-35)22-40-36(39-8)34(33)48-27-16-18-45(19-17-27)37(46)49-38(5,6)7;1-2/h11-15,20-24,27H,2,10,16-19H2,1,3-9H3,(H,39,40)(H,41,42,43);1-2H3. The van der Waals surface area contributed by atoms with E-state index in [1.165, 1.54) is 11.9 Å². The van der Waals surface area contributed by atoms with Crippen molar-refractivity contribution in [2.75, 3.05) is 42.7 Å². The van der Waals surface area contributed by atoms with Crippen LogP contribution in [0.15, 0.2) is 61.7 Å². The van der Waals surface area contributed by atoms with Crippen LogP contribution in [0.5, 0.6) is 17.2 Å². The fraction of sp³-hybridized carbons (Fsp3) is 0.450. The highest BCUT2D eigenvalue weighted by Crippen LogP contribution is 2.39. The SMILES string of the molecule is C=CN(C)c1ccc(Oc2ccc(Nc3ncnc4cnc(NC)c(OC5CCN(C(=O)OC(C)(C)C)CC5)c34)cc2C)cc1C(C)CC.CC. The number of fused-ring (bicyclic) bond motifs is 1. The average molecular weight is 698 g/mol. The molecule has 2 N–H and O–H groups in total. The van der Waals surface area contributed by atoms with Crippen molar-refractivity contribution >= 4 is 40.0 Å². The van der Waals surface area contributed by atoms with Gasteiger partial charge in [0.15, 0.2) is 11.6 Å². The van der Waals surface area contributed by atoms with Crippen molar-refractivity contribution < 1.29 is 19.0 Å². The van der Waals surface area contributed by atoms with Gasteiger partial charge in [-0.05, 0) is 93.8 Å². The molecule has 0 spiro atoms. The first-order chi connectivity index (χ1) is 24.4. The fourth-order valence-electron chi connectivity index (χ4n) is 5.80. The molecule has 1 atom stereocenters. The number of aromatic nitrogens is 3. The number of piperidine rings is 1. The fourth-order valence-corrected chi connectivity index (χ4v) is 5.80. The van der Waals surface area contributed by atoms with Gasteiger partial charge in [-0.2, -0.15) is 0 Å². The van der Waals surface area contributed by atoms with Gasteiger partial charge in [0.2, 0.25) is 0 Å². The van der Waals surface area contributed by atoms with Crippen LogP contribution in [0.4, 0.5) is 27.8 Å². The number of likely N-dealkylation sites (tertiary alicyclic amines) is 1. The number of ether oxygens (including phenoxy) is 3. The number of benzene rings is 2. The van der Waals surface area contributed by atoms with Crippen LogP contribution in [0.1, 0.15) is 84.8 Å². The number of amides is 1. The van der Waals surface area contributed by atoms with E-state index in [0.717, 1.165) is 40.2 Å². The molecular weight excluding hydrogens is 642 g/mol. The summed E-state index contributed by atoms with van der Waals surface area (Å²) >= 11 is 0. The van der Waals surface area contributed by atoms with E-state index in [1.807, 2.05) is 91.0 Å². The second kappa shape index (κ2) is 17.2. The molecule has 2 aromatic carbocycles. The topological polar surface area (TPSA) is 114 Å². The lowest BCUT2D eigenvalue weighted by atomic mass is 9.96. The molecule has 11 nitrogen and oxygen atoms in total. The molecule has 1 saturated heterocycles. The molecule has 1 unspecified atom stereocenters. The lowest BCUT2D eigenvalue weighted by Crippen LogP contribution is -2.44. The van der Waals surface area contributed by atoms with Crippen molar-refractivity contribution in [1.82, 2.24) is 19.9 Å². The largest absolute Gasteiger partial charge is 0.486 e. The average Bonchev–Trinajstić information content (AvgIpc) is 3.12. The summed E-state index contributed by atoms with van der Waals surface area (Å²) in [5.74, 6) is 3.67. The Labute approximate surface area is 303 Å². The molecule has 5 rings (SSSR count). The second-order valence-corrected chi connectivity index (χ2v) is 13.5. The number of nitrogens with zero attached hydrogens (tertiary/aromatic N) is 5. The van der Waals surface area contributed by atoms with Crippen LogP contribution in [-0.4, -0.2) is 64.8 Å². The highest BCUT2D eigenvalue weighted by atomic mass is 16.6. The van der Waals surface area contributed by atoms with E-state index in [1.54, 1.807) is 11.1 Å². The van der Waals surface area contributed by atoms with Gasteiger partial charge in [-0.3, -0.25) is 0 Å². The lowest BCUT2D eigenvalue weighted by molar-refractivity contribution is 0.0128. The van der Waals surface area contributed by atoms with Gasteiger partial charge in [0.1, 0.15) is 35.3 Å². The number of hydrogen-bond acceptors (Lipinski definition) is 10. The monoisotopic (exact) mass is 697 g/mol. The Bertz CT molecular complexity index is 1800. The first-order valence-electron chi connectivity index (χ1n) is 17.9. The van der Waals surface area contributed by atoms with E-state index in [-0.39, 0.29) is 12.2 Å². The van der Waals surface area contributed by atoms with Crippen molar-refractivity contribution in [1.29, 1.82) is 0 Å². The Kier molecular flexibility index (Phi) is 13.1. The molecular formula is C40H55N7O4. The summed E-state index contributed by atoms with van der Waals surface area (Å²) in [6, 6.07) is 12.2. The highest BCUT2D eigenvalue weighted by Gasteiger charge is 2.29. The summed E-state index contributed by atoms with van der Waals surface area (Å²) in [7, 11) is 3.82. The van der Waals surface area contributed by atoms with E-state index in [4.69, 9.17) is 14.2 Å². The Hall–Kier alpha value is -5.06. The summed E-state index contributed by atoms with van der Waals surface area (Å²) in [4.78, 5) is 30.1. The van der Waals surface area contributed by atoms with Gasteiger partial charge in [0.25, 0.3) is 0 Å². The third-order valence-corrected chi connectivity index (χ3v) is 8.71. The molecule has 0 aliphatic carbocycles. The highest BCUT2D eigenvalue weighted by molar-refractivity contribution is 5.98. The van der Waals surface area contributed by atoms with Gasteiger partial charge in [-0.25, -0.2) is 19.7 Å². The maximum atomic E-state index is 12.6. The molecule has 1 amide bonds. The van der Waals surface area contributed by atoms with Gasteiger partial charge in [-0.1, -0.05) is 34.3 Å². The summed E-state index contributed by atoms with van der Waals surface area (Å²) < 4.78 is 18.6. The predicted octanol–water partition coefficient (Wildman–Crippen LogP) is 9.81. The predicted molar refractivity (Wildman–Crippen MR) is 208 cm³/mol. The molecule has 11 heteroatoms. The lowest BCUT2D eigenvalue weighted by Gasteiger charge is -2.33. The van der Waals surface area contributed by atoms with Crippen molar-refractivity contribution in [2.24, 2.45) is 0 Å². The van der Waals surface area contributed by atoms with E-state index in [9.17, 15) is 4.79 Å². The first kappa shape index (κ1) is 38.7. The molecule has 0 bridgehead atoms. The Balaban J connectivity index is 0.00000286. The van der Waals surface area contributed by atoms with Crippen LogP contribution in [0.2, 0.25) is 0 Å². The first-order valence-corrected chi connectivity index (χ1v) is 17.9. The third-order valence-electron chi connectivity index (χ3n) is 8.71. The molecule has 1 aliphatic heterocycles. The van der Waals surface area contributed by atoms with E-state index >= 15 is 0 Å². The normalized spacial score (nSPS) is 13.8. The summed E-state index contributed by atoms with van der Waals surface area (Å²) in [5.41, 5.74) is 4.26. The van der Waals surface area contributed by atoms with Crippen molar-refractivity contribution in [2.45, 2.75) is 92.3 Å². The van der Waals surface area contributed by atoms with E-state index < -0.39 is 5.60 Å². The number of anilines is 4. The second-order valence-electron chi connectivity index (χ2n) is 13.5. The minimum Gasteiger partial charge on any atom is -0.486 e. The summed E-state index contributed by atoms with van der Waals surface area (Å²) in [5, 5.41) is 7.36. The van der Waals surface area contributed by atoms with Gasteiger partial charge in [0, 0.05) is 51.4 Å². The van der Waals surface area contributed by atoms with Crippen molar-refractivity contribution in [3.63, 3.8) is 0 Å². The number of carbonyl (C=O) groups excluding carboxylic acids is 1. The minimum absolute atomic E-state index is 0.128. The number of nitrogens with one attached hydrogen (secondary N) is 2. The Morgan fingerprint density at radius 2 is 1.82 bits per heavy atom. The van der Waals surface area contributed by atoms with E-state index in [0.29, 0.717) is 54.8 Å². The van der Waals surface area contributed by atoms with Gasteiger partial charge >= 0.3 is 6.09 Å². The summed E-state index contributed by atoms with van der Waals surface area (Å²) in [6.45, 7) is 21.1. The van der Waals surface area contributed by atoms with Gasteiger partial charge < -0.3 is 34.6 Å². The van der Waals surface area contributed by atoms with Gasteiger partial charge in [-0.15, -0.1) is 0 Å². The third kappa shape index (κ3) is 9.59. The zero-order valence-electron chi connectivity index (χ0n) is 32.0. The smallest absolute Gasteiger partial charge is 0.410 e. The number of carbonyl (C=O) groups is 1. The maximum absolute atomic E-state index is 12.6. The minimum atomic E-state index is -0.539. The van der Waals surface area contributed by atoms with Crippen LogP contribution in [0, 0.1) is 6.92 Å². The van der Waals surface area contributed by atoms with Crippen LogP contribution in [0.25, 0.3) is 10.9 Å². The van der Waals surface area contributed by atoms with Crippen LogP contribution in [0.3, 0.4) is 0 Å². The van der Waals surface area contributed by atoms with Crippen LogP contribution < -0.4 is 25.0 Å². The van der Waals surface area contributed by atoms with Crippen molar-refractivity contribution in [3.05, 3.63) is 72.8 Å². The number of pyridine rings is 1. The molecule has 51 heavy (non-hydrogen) atoms. The molecule has 3 heterocycles. The van der Waals surface area contributed by atoms with Gasteiger partial charge in [0.05, 0.1) is 17.1 Å². The van der Waals surface area contributed by atoms with Crippen molar-refractivity contribution in [3.8, 4) is 17.2 Å². The number of rotatable bonds is 11. The molecule has 0 radical (unpaired) electrons. The molecule has 4 aromatic rings. The quantitative estimate of drug-likeness (QED) is 0.157. The Morgan fingerprint density at radius 3 is 2.45 bits per heavy atom. The zero-order valence-corrected chi connectivity index (χ0v) is 32.0. The maximum Gasteiger partial charge on any atom is 0.410 e. The molecule has 1 aliphatic rings. The zero-order chi connectivity index (χ0) is 37.3. The van der Waals surface area contributed by atoms with Crippen LogP contribution >= 0.6 is 0 Å². The number of aryl methyl sites for hydroxylation is 1. The molecule has 0 saturated carbocycles. The van der Waals surface area contributed by atoms with Crippen LogP contribution in [-0.2, 0) is 4.74 Å². The Morgan fingerprint density at radius 1 is 1.10 bits per heavy atom. The molecule has 1 fully saturated rings. The van der Waals surface area contributed by atoms with E-state index in [2.05, 4.69) is 58.1 Å². The molecule has 274 valence electrons. The summed E-state index contributed by atoms with van der Waals surface area (Å²) in [6.07, 6.45) is 6.94. The molecule has 2 aromatic heterocycles. The number of hydrogen-bond donors (Lipinski definition) is 2.